The lowest BCUT2D eigenvalue weighted by Gasteiger charge is -2.14. The minimum absolute atomic E-state index is 0.0287. The van der Waals surface area contributed by atoms with Crippen LogP contribution >= 0.6 is 0 Å². The van der Waals surface area contributed by atoms with Gasteiger partial charge in [-0.05, 0) is 36.8 Å². The average molecular weight is 414 g/mol. The molecule has 0 fully saturated rings. The third-order valence-electron chi connectivity index (χ3n) is 4.38. The number of benzene rings is 2. The zero-order valence-electron chi connectivity index (χ0n) is 16.1. The molecule has 0 saturated carbocycles. The van der Waals surface area contributed by atoms with E-state index in [1.54, 1.807) is 24.3 Å². The van der Waals surface area contributed by atoms with Gasteiger partial charge >= 0.3 is 6.03 Å². The number of aryl methyl sites for hydroxylation is 1. The molecule has 4 N–H and O–H groups in total. The van der Waals surface area contributed by atoms with Gasteiger partial charge in [0, 0.05) is 18.5 Å². The van der Waals surface area contributed by atoms with Gasteiger partial charge in [0.25, 0.3) is 0 Å². The van der Waals surface area contributed by atoms with E-state index in [9.17, 15) is 18.4 Å². The van der Waals surface area contributed by atoms with Crippen LogP contribution < -0.4 is 16.4 Å². The number of halogens is 2. The van der Waals surface area contributed by atoms with Crippen LogP contribution in [0.5, 0.6) is 0 Å². The highest BCUT2D eigenvalue weighted by atomic mass is 19.1. The summed E-state index contributed by atoms with van der Waals surface area (Å²) in [5.74, 6) is -1.56. The summed E-state index contributed by atoms with van der Waals surface area (Å²) in [4.78, 5) is 27.1. The lowest BCUT2D eigenvalue weighted by atomic mass is 10.1. The first-order valence-corrected chi connectivity index (χ1v) is 9.18. The number of oxazole rings is 1. The van der Waals surface area contributed by atoms with Crippen LogP contribution in [-0.4, -0.2) is 16.9 Å². The molecule has 0 spiro atoms. The molecule has 1 unspecified atom stereocenters. The Bertz CT molecular complexity index is 1030. The number of hydrogen-bond acceptors (Lipinski definition) is 4. The van der Waals surface area contributed by atoms with Crippen molar-refractivity contribution in [1.29, 1.82) is 0 Å². The van der Waals surface area contributed by atoms with E-state index in [0.717, 1.165) is 17.7 Å². The smallest absolute Gasteiger partial charge is 0.316 e. The standard InChI is InChI=1S/C21H20F2N4O3/c1-12(13-5-7-14(8-6-13)27-21(24)29)26-18(28)9-10-19-25-11-17(30-19)20-15(22)3-2-4-16(20)23/h2-8,11-12H,9-10H2,1H3,(H,26,28)(H3,24,27,29). The molecule has 3 aromatic rings. The van der Waals surface area contributed by atoms with Crippen molar-refractivity contribution >= 4 is 17.6 Å². The van der Waals surface area contributed by atoms with E-state index in [-0.39, 0.29) is 42.0 Å². The number of rotatable bonds is 7. The Morgan fingerprint density at radius 1 is 1.13 bits per heavy atom. The van der Waals surface area contributed by atoms with Gasteiger partial charge in [-0.25, -0.2) is 18.6 Å². The number of amides is 3. The quantitative estimate of drug-likeness (QED) is 0.544. The van der Waals surface area contributed by atoms with Crippen LogP contribution in [0.25, 0.3) is 11.3 Å². The van der Waals surface area contributed by atoms with Gasteiger partial charge in [0.15, 0.2) is 11.7 Å². The largest absolute Gasteiger partial charge is 0.441 e. The van der Waals surface area contributed by atoms with E-state index in [2.05, 4.69) is 15.6 Å². The molecule has 0 bridgehead atoms. The maximum absolute atomic E-state index is 13.8. The van der Waals surface area contributed by atoms with Crippen molar-refractivity contribution in [2.24, 2.45) is 5.73 Å². The van der Waals surface area contributed by atoms with Crippen molar-refractivity contribution in [3.8, 4) is 11.3 Å². The predicted molar refractivity (Wildman–Crippen MR) is 106 cm³/mol. The Morgan fingerprint density at radius 2 is 1.80 bits per heavy atom. The van der Waals surface area contributed by atoms with Gasteiger partial charge in [0.1, 0.15) is 11.6 Å². The van der Waals surface area contributed by atoms with E-state index < -0.39 is 17.7 Å². The Balaban J connectivity index is 1.55. The summed E-state index contributed by atoms with van der Waals surface area (Å²) in [6, 6.07) is 9.48. The van der Waals surface area contributed by atoms with Crippen LogP contribution in [0.15, 0.2) is 53.1 Å². The van der Waals surface area contributed by atoms with E-state index in [4.69, 9.17) is 10.2 Å². The molecule has 30 heavy (non-hydrogen) atoms. The third-order valence-corrected chi connectivity index (χ3v) is 4.38. The van der Waals surface area contributed by atoms with Crippen LogP contribution in [0.4, 0.5) is 19.3 Å². The molecule has 3 amide bonds. The van der Waals surface area contributed by atoms with Gasteiger partial charge in [-0.1, -0.05) is 18.2 Å². The summed E-state index contributed by atoms with van der Waals surface area (Å²) in [7, 11) is 0. The minimum atomic E-state index is -0.749. The van der Waals surface area contributed by atoms with Gasteiger partial charge < -0.3 is 20.8 Å². The molecule has 0 aliphatic carbocycles. The SMILES string of the molecule is CC(NC(=O)CCc1ncc(-c2c(F)cccc2F)o1)c1ccc(NC(N)=O)cc1. The predicted octanol–water partition coefficient (Wildman–Crippen LogP) is 3.92. The number of anilines is 1. The van der Waals surface area contributed by atoms with Crippen LogP contribution in [0.2, 0.25) is 0 Å². The second-order valence-electron chi connectivity index (χ2n) is 6.62. The van der Waals surface area contributed by atoms with Gasteiger partial charge in [0.2, 0.25) is 5.91 Å². The molecule has 0 radical (unpaired) electrons. The molecule has 7 nitrogen and oxygen atoms in total. The normalized spacial score (nSPS) is 11.7. The Kier molecular flexibility index (Phi) is 6.41. The number of hydrogen-bond donors (Lipinski definition) is 3. The number of aromatic nitrogens is 1. The van der Waals surface area contributed by atoms with Crippen molar-refractivity contribution in [1.82, 2.24) is 10.3 Å². The topological polar surface area (TPSA) is 110 Å². The summed E-state index contributed by atoms with van der Waals surface area (Å²) in [6.07, 6.45) is 1.50. The molecule has 0 aliphatic heterocycles. The van der Waals surface area contributed by atoms with Crippen LogP contribution in [-0.2, 0) is 11.2 Å². The van der Waals surface area contributed by atoms with E-state index in [1.807, 2.05) is 6.92 Å². The van der Waals surface area contributed by atoms with Crippen LogP contribution in [0.1, 0.15) is 30.8 Å². The number of primary amides is 1. The maximum atomic E-state index is 13.8. The van der Waals surface area contributed by atoms with Gasteiger partial charge in [-0.2, -0.15) is 0 Å². The molecule has 1 aromatic heterocycles. The third kappa shape index (κ3) is 5.19. The summed E-state index contributed by atoms with van der Waals surface area (Å²) in [5.41, 5.74) is 6.16. The first-order chi connectivity index (χ1) is 14.3. The van der Waals surface area contributed by atoms with Crippen molar-refractivity contribution < 1.29 is 22.8 Å². The van der Waals surface area contributed by atoms with Gasteiger partial charge in [-0.3, -0.25) is 4.79 Å². The molecular formula is C21H20F2N4O3. The lowest BCUT2D eigenvalue weighted by Crippen LogP contribution is -2.26. The maximum Gasteiger partial charge on any atom is 0.316 e. The zero-order valence-corrected chi connectivity index (χ0v) is 16.1. The molecule has 2 aromatic carbocycles. The number of carbonyl (C=O) groups excluding carboxylic acids is 2. The Morgan fingerprint density at radius 3 is 2.43 bits per heavy atom. The summed E-state index contributed by atoms with van der Waals surface area (Å²) in [6.45, 7) is 1.82. The van der Waals surface area contributed by atoms with Gasteiger partial charge in [0.05, 0.1) is 17.8 Å². The average Bonchev–Trinajstić information content (AvgIpc) is 3.15. The first-order valence-electron chi connectivity index (χ1n) is 9.18. The minimum Gasteiger partial charge on any atom is -0.441 e. The van der Waals surface area contributed by atoms with Crippen molar-refractivity contribution in [2.75, 3.05) is 5.32 Å². The number of nitrogens with two attached hydrogens (primary N) is 1. The lowest BCUT2D eigenvalue weighted by molar-refractivity contribution is -0.121. The van der Waals surface area contributed by atoms with Crippen molar-refractivity contribution in [3.63, 3.8) is 0 Å². The van der Waals surface area contributed by atoms with Crippen molar-refractivity contribution in [3.05, 3.63) is 71.8 Å². The number of urea groups is 1. The number of carbonyl (C=O) groups is 2. The van der Waals surface area contributed by atoms with Gasteiger partial charge in [-0.15, -0.1) is 0 Å². The molecular weight excluding hydrogens is 394 g/mol. The van der Waals surface area contributed by atoms with E-state index in [1.165, 1.54) is 12.3 Å². The highest BCUT2D eigenvalue weighted by Gasteiger charge is 2.17. The molecule has 156 valence electrons. The molecule has 0 saturated heterocycles. The first kappa shape index (κ1) is 21.0. The van der Waals surface area contributed by atoms with E-state index >= 15 is 0 Å². The molecule has 9 heteroatoms. The molecule has 1 heterocycles. The molecule has 1 atom stereocenters. The highest BCUT2D eigenvalue weighted by Crippen LogP contribution is 2.26. The van der Waals surface area contributed by atoms with Crippen molar-refractivity contribution in [2.45, 2.75) is 25.8 Å². The Labute approximate surface area is 171 Å². The zero-order chi connectivity index (χ0) is 21.7. The summed E-state index contributed by atoms with van der Waals surface area (Å²) < 4.78 is 33.1. The van der Waals surface area contributed by atoms with Crippen LogP contribution in [0.3, 0.4) is 0 Å². The Hall–Kier alpha value is -3.75. The fraction of sp³-hybridized carbons (Fsp3) is 0.190. The molecule has 3 rings (SSSR count). The summed E-state index contributed by atoms with van der Waals surface area (Å²) >= 11 is 0. The number of nitrogens with one attached hydrogen (secondary N) is 2. The second kappa shape index (κ2) is 9.17. The second-order valence-corrected chi connectivity index (χ2v) is 6.62. The number of nitrogens with zero attached hydrogens (tertiary/aromatic N) is 1. The summed E-state index contributed by atoms with van der Waals surface area (Å²) in [5, 5.41) is 5.30. The monoisotopic (exact) mass is 414 g/mol. The fourth-order valence-electron chi connectivity index (χ4n) is 2.89. The van der Waals surface area contributed by atoms with Crippen LogP contribution in [0, 0.1) is 11.6 Å². The highest BCUT2D eigenvalue weighted by molar-refractivity contribution is 5.87. The molecule has 0 aliphatic rings. The van der Waals surface area contributed by atoms with E-state index in [0.29, 0.717) is 5.69 Å². The fourth-order valence-corrected chi connectivity index (χ4v) is 2.89.